The minimum atomic E-state index is -0.151. The third-order valence-electron chi connectivity index (χ3n) is 3.78. The zero-order chi connectivity index (χ0) is 15.6. The Morgan fingerprint density at radius 1 is 1.10 bits per heavy atom. The van der Waals surface area contributed by atoms with Gasteiger partial charge in [0.1, 0.15) is 5.82 Å². The van der Waals surface area contributed by atoms with Crippen molar-refractivity contribution < 1.29 is 4.39 Å². The summed E-state index contributed by atoms with van der Waals surface area (Å²) in [6.45, 7) is 3.88. The number of nitrogens with one attached hydrogen (secondary N) is 1. The number of aryl methyl sites for hydroxylation is 2. The lowest BCUT2D eigenvalue weighted by molar-refractivity contribution is 0.572. The van der Waals surface area contributed by atoms with E-state index in [-0.39, 0.29) is 11.9 Å². The van der Waals surface area contributed by atoms with E-state index in [2.05, 4.69) is 22.3 Å². The number of halogens is 1. The van der Waals surface area contributed by atoms with Crippen LogP contribution in [0.25, 0.3) is 0 Å². The highest BCUT2D eigenvalue weighted by molar-refractivity contribution is 5.50. The Bertz CT molecular complexity index is 612. The van der Waals surface area contributed by atoms with E-state index in [0.29, 0.717) is 0 Å². The molecule has 1 atom stereocenters. The van der Waals surface area contributed by atoms with Crippen LogP contribution in [0.1, 0.15) is 28.3 Å². The van der Waals surface area contributed by atoms with Crippen LogP contribution < -0.4 is 10.2 Å². The first-order valence-corrected chi connectivity index (χ1v) is 7.15. The van der Waals surface area contributed by atoms with Crippen LogP contribution in [0.15, 0.2) is 36.4 Å². The SMILES string of the molecule is CNC(c1cccc(N(C)C)c1)c1c(C)cc(C)cc1F. The number of benzene rings is 2. The van der Waals surface area contributed by atoms with E-state index < -0.39 is 0 Å². The van der Waals surface area contributed by atoms with E-state index in [1.54, 1.807) is 6.07 Å². The molecule has 2 aromatic carbocycles. The maximum Gasteiger partial charge on any atom is 0.128 e. The third-order valence-corrected chi connectivity index (χ3v) is 3.78. The Morgan fingerprint density at radius 2 is 1.81 bits per heavy atom. The molecule has 0 heterocycles. The highest BCUT2D eigenvalue weighted by Crippen LogP contribution is 2.29. The predicted octanol–water partition coefficient (Wildman–Crippen LogP) is 3.82. The summed E-state index contributed by atoms with van der Waals surface area (Å²) in [6, 6.07) is 11.7. The van der Waals surface area contributed by atoms with E-state index in [1.807, 2.05) is 53.2 Å². The number of nitrogens with zero attached hydrogens (tertiary/aromatic N) is 1. The van der Waals surface area contributed by atoms with Gasteiger partial charge in [-0.25, -0.2) is 4.39 Å². The summed E-state index contributed by atoms with van der Waals surface area (Å²) in [5.74, 6) is -0.151. The van der Waals surface area contributed by atoms with Gasteiger partial charge in [0.05, 0.1) is 6.04 Å². The van der Waals surface area contributed by atoms with Gasteiger partial charge in [0.25, 0.3) is 0 Å². The van der Waals surface area contributed by atoms with Gasteiger partial charge in [0.15, 0.2) is 0 Å². The molecule has 1 unspecified atom stereocenters. The van der Waals surface area contributed by atoms with Crippen molar-refractivity contribution in [2.24, 2.45) is 0 Å². The summed E-state index contributed by atoms with van der Waals surface area (Å²) < 4.78 is 14.4. The second kappa shape index (κ2) is 6.27. The molecule has 0 amide bonds. The van der Waals surface area contributed by atoms with Crippen LogP contribution in [0.3, 0.4) is 0 Å². The van der Waals surface area contributed by atoms with Gasteiger partial charge in [-0.05, 0) is 55.8 Å². The average Bonchev–Trinajstić information content (AvgIpc) is 2.42. The van der Waals surface area contributed by atoms with Gasteiger partial charge in [-0.3, -0.25) is 0 Å². The fourth-order valence-electron chi connectivity index (χ4n) is 2.75. The second-order valence-corrected chi connectivity index (χ2v) is 5.69. The molecule has 112 valence electrons. The van der Waals surface area contributed by atoms with Crippen LogP contribution in [0.4, 0.5) is 10.1 Å². The summed E-state index contributed by atoms with van der Waals surface area (Å²) in [6.07, 6.45) is 0. The van der Waals surface area contributed by atoms with Crippen molar-refractivity contribution in [3.8, 4) is 0 Å². The molecule has 0 saturated carbocycles. The maximum absolute atomic E-state index is 14.4. The van der Waals surface area contributed by atoms with Gasteiger partial charge in [-0.15, -0.1) is 0 Å². The highest BCUT2D eigenvalue weighted by atomic mass is 19.1. The first-order chi connectivity index (χ1) is 9.93. The van der Waals surface area contributed by atoms with Gasteiger partial charge in [-0.2, -0.15) is 0 Å². The minimum Gasteiger partial charge on any atom is -0.378 e. The molecule has 1 N–H and O–H groups in total. The quantitative estimate of drug-likeness (QED) is 0.919. The summed E-state index contributed by atoms with van der Waals surface area (Å²) in [5.41, 5.74) is 4.82. The number of anilines is 1. The number of rotatable bonds is 4. The van der Waals surface area contributed by atoms with Crippen molar-refractivity contribution in [2.75, 3.05) is 26.0 Å². The first-order valence-electron chi connectivity index (χ1n) is 7.15. The Morgan fingerprint density at radius 3 is 2.38 bits per heavy atom. The van der Waals surface area contributed by atoms with E-state index in [0.717, 1.165) is 27.9 Å². The van der Waals surface area contributed by atoms with Crippen LogP contribution in [-0.2, 0) is 0 Å². The largest absolute Gasteiger partial charge is 0.378 e. The van der Waals surface area contributed by atoms with E-state index in [4.69, 9.17) is 0 Å². The second-order valence-electron chi connectivity index (χ2n) is 5.69. The molecule has 0 aliphatic heterocycles. The van der Waals surface area contributed by atoms with Crippen LogP contribution in [-0.4, -0.2) is 21.1 Å². The molecule has 0 saturated heterocycles. The third kappa shape index (κ3) is 3.24. The number of hydrogen-bond donors (Lipinski definition) is 1. The lowest BCUT2D eigenvalue weighted by Gasteiger charge is -2.22. The smallest absolute Gasteiger partial charge is 0.128 e. The predicted molar refractivity (Wildman–Crippen MR) is 87.5 cm³/mol. The van der Waals surface area contributed by atoms with Gasteiger partial charge in [0.2, 0.25) is 0 Å². The molecule has 0 aliphatic rings. The molecule has 0 aliphatic carbocycles. The molecular formula is C18H23FN2. The Hall–Kier alpha value is -1.87. The average molecular weight is 286 g/mol. The van der Waals surface area contributed by atoms with Crippen molar-refractivity contribution in [1.82, 2.24) is 5.32 Å². The standard InChI is InChI=1S/C18H23FN2/c1-12-9-13(2)17(16(19)10-12)18(20-3)14-7-6-8-15(11-14)21(4)5/h6-11,18,20H,1-5H3. The highest BCUT2D eigenvalue weighted by Gasteiger charge is 2.19. The van der Waals surface area contributed by atoms with Crippen LogP contribution in [0.2, 0.25) is 0 Å². The zero-order valence-corrected chi connectivity index (χ0v) is 13.4. The van der Waals surface area contributed by atoms with E-state index in [1.165, 1.54) is 0 Å². The van der Waals surface area contributed by atoms with Gasteiger partial charge >= 0.3 is 0 Å². The minimum absolute atomic E-state index is 0.148. The molecule has 21 heavy (non-hydrogen) atoms. The van der Waals surface area contributed by atoms with Crippen molar-refractivity contribution in [1.29, 1.82) is 0 Å². The molecular weight excluding hydrogens is 263 g/mol. The molecule has 0 fully saturated rings. The van der Waals surface area contributed by atoms with Crippen molar-refractivity contribution in [3.05, 3.63) is 64.5 Å². The maximum atomic E-state index is 14.4. The van der Waals surface area contributed by atoms with Crippen molar-refractivity contribution >= 4 is 5.69 Å². The summed E-state index contributed by atoms with van der Waals surface area (Å²) in [5, 5.41) is 3.24. The summed E-state index contributed by atoms with van der Waals surface area (Å²) in [4.78, 5) is 2.05. The van der Waals surface area contributed by atoms with E-state index >= 15 is 0 Å². The number of hydrogen-bond acceptors (Lipinski definition) is 2. The van der Waals surface area contributed by atoms with Crippen LogP contribution in [0, 0.1) is 19.7 Å². The topological polar surface area (TPSA) is 15.3 Å². The molecule has 2 rings (SSSR count). The lowest BCUT2D eigenvalue weighted by Crippen LogP contribution is -2.21. The molecule has 2 nitrogen and oxygen atoms in total. The fraction of sp³-hybridized carbons (Fsp3) is 0.333. The van der Waals surface area contributed by atoms with Crippen molar-refractivity contribution in [3.63, 3.8) is 0 Å². The van der Waals surface area contributed by atoms with E-state index in [9.17, 15) is 4.39 Å². The molecule has 0 aromatic heterocycles. The van der Waals surface area contributed by atoms with Gasteiger partial charge in [0, 0.05) is 25.3 Å². The fourth-order valence-corrected chi connectivity index (χ4v) is 2.75. The summed E-state index contributed by atoms with van der Waals surface area (Å²) >= 11 is 0. The van der Waals surface area contributed by atoms with Crippen LogP contribution >= 0.6 is 0 Å². The van der Waals surface area contributed by atoms with Gasteiger partial charge < -0.3 is 10.2 Å². The normalized spacial score (nSPS) is 12.3. The monoisotopic (exact) mass is 286 g/mol. The lowest BCUT2D eigenvalue weighted by atomic mass is 9.93. The molecule has 0 radical (unpaired) electrons. The van der Waals surface area contributed by atoms with Crippen molar-refractivity contribution in [2.45, 2.75) is 19.9 Å². The van der Waals surface area contributed by atoms with Gasteiger partial charge in [-0.1, -0.05) is 18.2 Å². The Kier molecular flexibility index (Phi) is 4.63. The zero-order valence-electron chi connectivity index (χ0n) is 13.4. The summed E-state index contributed by atoms with van der Waals surface area (Å²) in [7, 11) is 5.88. The Balaban J connectivity index is 2.52. The molecule has 0 spiro atoms. The van der Waals surface area contributed by atoms with Crippen LogP contribution in [0.5, 0.6) is 0 Å². The first kappa shape index (κ1) is 15.5. The molecule has 2 aromatic rings. The Labute approximate surface area is 126 Å². The molecule has 3 heteroatoms. The molecule has 0 bridgehead atoms.